The van der Waals surface area contributed by atoms with Crippen LogP contribution in [0, 0.1) is 0 Å². The van der Waals surface area contributed by atoms with Gasteiger partial charge in [0.1, 0.15) is 6.54 Å². The van der Waals surface area contributed by atoms with Crippen molar-refractivity contribution in [2.24, 2.45) is 0 Å². The largest absolute Gasteiger partial charge is 0.494 e. The highest BCUT2D eigenvalue weighted by Gasteiger charge is 2.26. The first-order chi connectivity index (χ1) is 18.5. The van der Waals surface area contributed by atoms with E-state index < -0.39 is 41.1 Å². The molecule has 1 amide bonds. The van der Waals surface area contributed by atoms with Gasteiger partial charge in [0, 0.05) is 5.56 Å². The van der Waals surface area contributed by atoms with Gasteiger partial charge in [-0.2, -0.15) is 0 Å². The van der Waals surface area contributed by atoms with E-state index in [0.29, 0.717) is 11.1 Å². The number of carboxylic acid groups (broad SMARTS) is 1. The van der Waals surface area contributed by atoms with Gasteiger partial charge in [-0.05, 0) is 28.2 Å². The topological polar surface area (TPSA) is 131 Å². The van der Waals surface area contributed by atoms with Gasteiger partial charge in [0.25, 0.3) is 11.5 Å². The standard InChI is InChI=1S/C30H29N3O6/c1-30(2,3)21-15-13-19(14-16-21)18-32-27(37)25(26(36)31-17-24(34)35)28(38)33(29(32)39)23-12-8-7-11-22(23)20-9-5-4-6-10-20/h4-16,37H,17-18H2,1-3H3,(H,31,36)(H,34,35). The summed E-state index contributed by atoms with van der Waals surface area (Å²) in [5, 5.41) is 22.1. The summed E-state index contributed by atoms with van der Waals surface area (Å²) in [4.78, 5) is 51.4. The number of carbonyl (C=O) groups is 2. The molecule has 0 saturated carbocycles. The Kier molecular flexibility index (Phi) is 7.53. The lowest BCUT2D eigenvalue weighted by atomic mass is 9.87. The van der Waals surface area contributed by atoms with E-state index in [1.54, 1.807) is 24.3 Å². The number of carbonyl (C=O) groups excluding carboxylic acids is 1. The van der Waals surface area contributed by atoms with Crippen molar-refractivity contribution in [2.45, 2.75) is 32.7 Å². The van der Waals surface area contributed by atoms with Gasteiger partial charge >= 0.3 is 11.7 Å². The predicted molar refractivity (Wildman–Crippen MR) is 148 cm³/mol. The molecule has 3 N–H and O–H groups in total. The molecule has 0 aliphatic carbocycles. The minimum atomic E-state index is -1.33. The number of amides is 1. The Bertz CT molecular complexity index is 1650. The lowest BCUT2D eigenvalue weighted by molar-refractivity contribution is -0.135. The maximum Gasteiger partial charge on any atom is 0.338 e. The number of para-hydroxylation sites is 1. The normalized spacial score (nSPS) is 11.3. The van der Waals surface area contributed by atoms with Crippen LogP contribution in [0.3, 0.4) is 0 Å². The molecule has 39 heavy (non-hydrogen) atoms. The Labute approximate surface area is 224 Å². The fourth-order valence-corrected chi connectivity index (χ4v) is 4.26. The first-order valence-electron chi connectivity index (χ1n) is 12.3. The lowest BCUT2D eigenvalue weighted by Gasteiger charge is -2.20. The quantitative estimate of drug-likeness (QED) is 0.337. The van der Waals surface area contributed by atoms with E-state index in [4.69, 9.17) is 5.11 Å². The molecule has 0 radical (unpaired) electrons. The van der Waals surface area contributed by atoms with Crippen molar-refractivity contribution < 1.29 is 19.8 Å². The molecule has 1 aromatic heterocycles. The molecule has 200 valence electrons. The van der Waals surface area contributed by atoms with Crippen LogP contribution >= 0.6 is 0 Å². The average Bonchev–Trinajstić information content (AvgIpc) is 2.90. The predicted octanol–water partition coefficient (Wildman–Crippen LogP) is 3.53. The number of aromatic nitrogens is 2. The third kappa shape index (κ3) is 5.67. The number of aliphatic carboxylic acids is 1. The van der Waals surface area contributed by atoms with Gasteiger partial charge in [-0.15, -0.1) is 0 Å². The molecule has 0 saturated heterocycles. The Morgan fingerprint density at radius 1 is 0.872 bits per heavy atom. The molecule has 4 aromatic rings. The van der Waals surface area contributed by atoms with E-state index in [-0.39, 0.29) is 17.6 Å². The van der Waals surface area contributed by atoms with Crippen molar-refractivity contribution in [2.75, 3.05) is 6.54 Å². The number of nitrogens with one attached hydrogen (secondary N) is 1. The number of nitrogens with zero attached hydrogens (tertiary/aromatic N) is 2. The Balaban J connectivity index is 1.95. The van der Waals surface area contributed by atoms with Crippen LogP contribution in [0.5, 0.6) is 5.88 Å². The molecule has 3 aromatic carbocycles. The lowest BCUT2D eigenvalue weighted by Crippen LogP contribution is -2.44. The summed E-state index contributed by atoms with van der Waals surface area (Å²) in [6.45, 7) is 5.30. The van der Waals surface area contributed by atoms with Crippen molar-refractivity contribution in [1.82, 2.24) is 14.5 Å². The zero-order valence-electron chi connectivity index (χ0n) is 21.8. The van der Waals surface area contributed by atoms with Crippen LogP contribution in [0.4, 0.5) is 0 Å². The van der Waals surface area contributed by atoms with E-state index in [1.807, 2.05) is 54.6 Å². The smallest absolute Gasteiger partial charge is 0.338 e. The van der Waals surface area contributed by atoms with E-state index in [2.05, 4.69) is 26.1 Å². The summed E-state index contributed by atoms with van der Waals surface area (Å²) >= 11 is 0. The highest BCUT2D eigenvalue weighted by atomic mass is 16.4. The van der Waals surface area contributed by atoms with Crippen LogP contribution in [0.15, 0.2) is 88.5 Å². The molecular formula is C30H29N3O6. The first-order valence-corrected chi connectivity index (χ1v) is 12.3. The van der Waals surface area contributed by atoms with E-state index in [9.17, 15) is 24.3 Å². The molecule has 9 nitrogen and oxygen atoms in total. The minimum Gasteiger partial charge on any atom is -0.494 e. The third-order valence-electron chi connectivity index (χ3n) is 6.34. The Hall–Kier alpha value is -4.92. The van der Waals surface area contributed by atoms with Gasteiger partial charge in [-0.3, -0.25) is 19.0 Å². The van der Waals surface area contributed by atoms with Crippen molar-refractivity contribution in [3.05, 3.63) is 116 Å². The molecule has 0 fully saturated rings. The maximum atomic E-state index is 13.8. The average molecular weight is 528 g/mol. The third-order valence-corrected chi connectivity index (χ3v) is 6.34. The van der Waals surface area contributed by atoms with Gasteiger partial charge in [0.15, 0.2) is 5.56 Å². The zero-order chi connectivity index (χ0) is 28.3. The second-order valence-electron chi connectivity index (χ2n) is 10.1. The molecule has 0 aliphatic heterocycles. The van der Waals surface area contributed by atoms with Gasteiger partial charge in [0.2, 0.25) is 5.88 Å². The molecule has 0 bridgehead atoms. The van der Waals surface area contributed by atoms with Crippen molar-refractivity contribution in [3.63, 3.8) is 0 Å². The summed E-state index contributed by atoms with van der Waals surface area (Å²) in [6, 6.07) is 23.3. The van der Waals surface area contributed by atoms with Crippen LogP contribution in [0.2, 0.25) is 0 Å². The van der Waals surface area contributed by atoms with Crippen LogP contribution in [-0.4, -0.2) is 37.8 Å². The number of carboxylic acids is 1. The molecule has 0 aliphatic rings. The summed E-state index contributed by atoms with van der Waals surface area (Å²) in [5.41, 5.74) is 0.472. The summed E-state index contributed by atoms with van der Waals surface area (Å²) in [6.07, 6.45) is 0. The minimum absolute atomic E-state index is 0.0960. The molecule has 0 atom stereocenters. The van der Waals surface area contributed by atoms with Crippen LogP contribution in [-0.2, 0) is 16.8 Å². The van der Waals surface area contributed by atoms with Gasteiger partial charge < -0.3 is 15.5 Å². The number of hydrogen-bond donors (Lipinski definition) is 3. The van der Waals surface area contributed by atoms with Crippen LogP contribution in [0.25, 0.3) is 16.8 Å². The monoisotopic (exact) mass is 527 g/mol. The number of benzene rings is 3. The Morgan fingerprint density at radius 2 is 1.49 bits per heavy atom. The second-order valence-corrected chi connectivity index (χ2v) is 10.1. The summed E-state index contributed by atoms with van der Waals surface area (Å²) in [7, 11) is 0. The highest BCUT2D eigenvalue weighted by molar-refractivity contribution is 5.97. The first kappa shape index (κ1) is 27.1. The van der Waals surface area contributed by atoms with E-state index in [0.717, 1.165) is 20.3 Å². The maximum absolute atomic E-state index is 13.8. The molecular weight excluding hydrogens is 498 g/mol. The van der Waals surface area contributed by atoms with E-state index >= 15 is 0 Å². The van der Waals surface area contributed by atoms with Crippen molar-refractivity contribution in [3.8, 4) is 22.7 Å². The summed E-state index contributed by atoms with van der Waals surface area (Å²) in [5.74, 6) is -3.28. The molecule has 0 spiro atoms. The Morgan fingerprint density at radius 3 is 2.10 bits per heavy atom. The van der Waals surface area contributed by atoms with Crippen molar-refractivity contribution in [1.29, 1.82) is 0 Å². The second kappa shape index (κ2) is 10.8. The molecule has 0 unspecified atom stereocenters. The van der Waals surface area contributed by atoms with Crippen LogP contribution < -0.4 is 16.6 Å². The number of hydrogen-bond acceptors (Lipinski definition) is 5. The van der Waals surface area contributed by atoms with Gasteiger partial charge in [-0.25, -0.2) is 9.36 Å². The molecule has 4 rings (SSSR count). The van der Waals surface area contributed by atoms with Gasteiger partial charge in [-0.1, -0.05) is 93.6 Å². The molecule has 1 heterocycles. The SMILES string of the molecule is CC(C)(C)c1ccc(Cn2c(O)c(C(=O)NCC(=O)O)c(=O)n(-c3ccccc3-c3ccccc3)c2=O)cc1. The zero-order valence-corrected chi connectivity index (χ0v) is 21.8. The number of rotatable bonds is 7. The van der Waals surface area contributed by atoms with Crippen LogP contribution in [0.1, 0.15) is 42.3 Å². The molecule has 9 heteroatoms. The fraction of sp³-hybridized carbons (Fsp3) is 0.200. The van der Waals surface area contributed by atoms with E-state index in [1.165, 1.54) is 0 Å². The summed E-state index contributed by atoms with van der Waals surface area (Å²) < 4.78 is 1.77. The highest BCUT2D eigenvalue weighted by Crippen LogP contribution is 2.26. The van der Waals surface area contributed by atoms with Gasteiger partial charge in [0.05, 0.1) is 12.2 Å². The fourth-order valence-electron chi connectivity index (χ4n) is 4.26. The van der Waals surface area contributed by atoms with Crippen molar-refractivity contribution >= 4 is 11.9 Å². The number of aromatic hydroxyl groups is 1.